The van der Waals surface area contributed by atoms with Gasteiger partial charge < -0.3 is 15.4 Å². The topological polar surface area (TPSA) is 104 Å². The van der Waals surface area contributed by atoms with Gasteiger partial charge in [0.2, 0.25) is 0 Å². The summed E-state index contributed by atoms with van der Waals surface area (Å²) >= 11 is 12.8. The van der Waals surface area contributed by atoms with Crippen molar-refractivity contribution in [3.63, 3.8) is 0 Å². The van der Waals surface area contributed by atoms with E-state index in [1.807, 2.05) is 47.3 Å². The molecule has 0 amide bonds. The van der Waals surface area contributed by atoms with Crippen LogP contribution in [0.25, 0.3) is 10.9 Å². The fraction of sp³-hybridized carbons (Fsp3) is 0.273. The Labute approximate surface area is 269 Å². The van der Waals surface area contributed by atoms with Crippen LogP contribution in [0.2, 0.25) is 10.0 Å². The largest absolute Gasteiger partial charge is 0.377 e. The minimum atomic E-state index is -0.534. The molecule has 0 saturated carbocycles. The molecule has 3 aromatic carbocycles. The third kappa shape index (κ3) is 5.80. The predicted octanol–water partition coefficient (Wildman–Crippen LogP) is 6.95. The molecule has 0 spiro atoms. The lowest BCUT2D eigenvalue weighted by Crippen LogP contribution is -2.63. The third-order valence-electron chi connectivity index (χ3n) is 8.50. The molecule has 2 aromatic heterocycles. The van der Waals surface area contributed by atoms with Crippen LogP contribution in [0, 0.1) is 17.1 Å². The van der Waals surface area contributed by atoms with Gasteiger partial charge in [0, 0.05) is 23.0 Å². The number of hydrogen-bond donors (Lipinski definition) is 2. The zero-order chi connectivity index (χ0) is 31.0. The Hall–Kier alpha value is -4.27. The van der Waals surface area contributed by atoms with Crippen LogP contribution in [0.5, 0.6) is 0 Å². The van der Waals surface area contributed by atoms with Crippen molar-refractivity contribution in [1.29, 1.82) is 5.26 Å². The zero-order valence-corrected chi connectivity index (χ0v) is 25.7. The Morgan fingerprint density at radius 2 is 1.80 bits per heavy atom. The molecule has 2 aliphatic rings. The molecule has 2 fully saturated rings. The summed E-state index contributed by atoms with van der Waals surface area (Å²) in [5, 5.41) is 26.9. The number of likely N-dealkylation sites (tertiary alicyclic amines) is 1. The van der Waals surface area contributed by atoms with Crippen molar-refractivity contribution in [2.24, 2.45) is 0 Å². The number of halogens is 3. The van der Waals surface area contributed by atoms with Crippen LogP contribution in [0.15, 0.2) is 73.1 Å². The number of hydrogen-bond acceptors (Lipinski definition) is 8. The molecule has 5 aromatic rings. The maximum atomic E-state index is 13.9. The second kappa shape index (κ2) is 12.3. The van der Waals surface area contributed by atoms with Crippen LogP contribution in [-0.2, 0) is 11.3 Å². The van der Waals surface area contributed by atoms with Crippen molar-refractivity contribution in [3.8, 4) is 6.07 Å². The second-order valence-corrected chi connectivity index (χ2v) is 12.3. The van der Waals surface area contributed by atoms with Crippen LogP contribution in [0.4, 0.5) is 21.5 Å². The van der Waals surface area contributed by atoms with Gasteiger partial charge in [0.25, 0.3) is 0 Å². The number of benzene rings is 3. The number of rotatable bonds is 9. The quantitative estimate of drug-likeness (QED) is 0.178. The third-order valence-corrected chi connectivity index (χ3v) is 9.08. The van der Waals surface area contributed by atoms with Gasteiger partial charge in [-0.15, -0.1) is 5.10 Å². The van der Waals surface area contributed by atoms with Gasteiger partial charge in [-0.2, -0.15) is 5.26 Å². The molecule has 9 nitrogen and oxygen atoms in total. The first-order chi connectivity index (χ1) is 21.9. The lowest BCUT2D eigenvalue weighted by atomic mass is 9.95. The van der Waals surface area contributed by atoms with Crippen molar-refractivity contribution < 1.29 is 9.13 Å². The van der Waals surface area contributed by atoms with E-state index in [1.54, 1.807) is 12.1 Å². The summed E-state index contributed by atoms with van der Waals surface area (Å²) in [6.07, 6.45) is 5.86. The molecule has 228 valence electrons. The number of nitrogens with one attached hydrogen (secondary N) is 2. The highest BCUT2D eigenvalue weighted by Crippen LogP contribution is 2.37. The highest BCUT2D eigenvalue weighted by Gasteiger charge is 2.45. The fourth-order valence-electron chi connectivity index (χ4n) is 6.15. The van der Waals surface area contributed by atoms with E-state index >= 15 is 0 Å². The SMILES string of the molecule is N#Cc1cnc2c(Cl)cc(NC(c3ccccc3)c3cn(CC4(N5CCCC5)COC4)nn3)cc2c1Nc1ccc(F)c(Cl)c1. The summed E-state index contributed by atoms with van der Waals surface area (Å²) in [5.41, 5.74) is 4.18. The molecular formula is C33H29Cl2FN8O. The number of pyridine rings is 1. The molecular weight excluding hydrogens is 614 g/mol. The van der Waals surface area contributed by atoms with Crippen molar-refractivity contribution in [1.82, 2.24) is 24.9 Å². The fourth-order valence-corrected chi connectivity index (χ4v) is 6.60. The Kier molecular flexibility index (Phi) is 8.02. The molecule has 0 radical (unpaired) electrons. The summed E-state index contributed by atoms with van der Waals surface area (Å²) < 4.78 is 21.4. The predicted molar refractivity (Wildman–Crippen MR) is 172 cm³/mol. The first kappa shape index (κ1) is 29.4. The minimum Gasteiger partial charge on any atom is -0.377 e. The average molecular weight is 644 g/mol. The van der Waals surface area contributed by atoms with Gasteiger partial charge in [-0.1, -0.05) is 58.7 Å². The number of aromatic nitrogens is 4. The molecule has 1 atom stereocenters. The molecule has 0 bridgehead atoms. The van der Waals surface area contributed by atoms with Crippen LogP contribution in [0.1, 0.15) is 35.7 Å². The molecule has 45 heavy (non-hydrogen) atoms. The molecule has 2 N–H and O–H groups in total. The number of nitrogens with zero attached hydrogens (tertiary/aromatic N) is 6. The van der Waals surface area contributed by atoms with E-state index in [0.717, 1.165) is 24.3 Å². The highest BCUT2D eigenvalue weighted by molar-refractivity contribution is 6.36. The first-order valence-corrected chi connectivity index (χ1v) is 15.5. The smallest absolute Gasteiger partial charge is 0.141 e. The van der Waals surface area contributed by atoms with E-state index in [-0.39, 0.29) is 16.6 Å². The van der Waals surface area contributed by atoms with Gasteiger partial charge in [0.05, 0.1) is 64.3 Å². The molecule has 0 aliphatic carbocycles. The highest BCUT2D eigenvalue weighted by atomic mass is 35.5. The van der Waals surface area contributed by atoms with Crippen LogP contribution in [0.3, 0.4) is 0 Å². The van der Waals surface area contributed by atoms with Crippen LogP contribution >= 0.6 is 23.2 Å². The summed E-state index contributed by atoms with van der Waals surface area (Å²) in [6.45, 7) is 4.24. The van der Waals surface area contributed by atoms with Crippen molar-refractivity contribution >= 4 is 51.2 Å². The number of ether oxygens (including phenoxy) is 1. The Balaban J connectivity index is 1.24. The van der Waals surface area contributed by atoms with Gasteiger partial charge >= 0.3 is 0 Å². The van der Waals surface area contributed by atoms with E-state index in [4.69, 9.17) is 27.9 Å². The number of nitriles is 1. The average Bonchev–Trinajstić information content (AvgIpc) is 3.73. The Morgan fingerprint density at radius 3 is 2.51 bits per heavy atom. The molecule has 1 unspecified atom stereocenters. The van der Waals surface area contributed by atoms with Crippen LogP contribution in [-0.4, -0.2) is 56.7 Å². The zero-order valence-electron chi connectivity index (χ0n) is 24.2. The first-order valence-electron chi connectivity index (χ1n) is 14.7. The van der Waals surface area contributed by atoms with E-state index in [9.17, 15) is 9.65 Å². The molecule has 2 aliphatic heterocycles. The minimum absolute atomic E-state index is 0.0350. The van der Waals surface area contributed by atoms with Gasteiger partial charge in [-0.25, -0.2) is 4.39 Å². The van der Waals surface area contributed by atoms with Gasteiger partial charge in [-0.05, 0) is 61.8 Å². The van der Waals surface area contributed by atoms with Gasteiger partial charge in [0.1, 0.15) is 17.6 Å². The molecule has 12 heteroatoms. The summed E-state index contributed by atoms with van der Waals surface area (Å²) in [7, 11) is 0. The number of anilines is 3. The monoisotopic (exact) mass is 642 g/mol. The van der Waals surface area contributed by atoms with Crippen molar-refractivity contribution in [2.75, 3.05) is 36.9 Å². The Bertz CT molecular complexity index is 1900. The van der Waals surface area contributed by atoms with Crippen molar-refractivity contribution in [3.05, 3.63) is 106 Å². The standard InChI is InChI=1S/C33H29Cl2FN8O/c34-26-13-23(8-9-28(26)36)39-30-22(15-37)16-38-32-25(30)12-24(14-27(32)35)40-31(21-6-2-1-3-7-21)29-17-44(42-41-29)18-33(19-45-20-33)43-10-4-5-11-43/h1-3,6-9,12-14,16-17,31,40H,4-5,10-11,18-20H2,(H,38,39). The maximum absolute atomic E-state index is 13.9. The maximum Gasteiger partial charge on any atom is 0.141 e. The summed E-state index contributed by atoms with van der Waals surface area (Å²) in [5.74, 6) is -0.534. The second-order valence-electron chi connectivity index (χ2n) is 11.5. The number of fused-ring (bicyclic) bond motifs is 1. The Morgan fingerprint density at radius 1 is 1.02 bits per heavy atom. The lowest BCUT2D eigenvalue weighted by molar-refractivity contribution is -0.143. The summed E-state index contributed by atoms with van der Waals surface area (Å²) in [6, 6.07) is 19.8. The normalized spacial score (nSPS) is 16.7. The van der Waals surface area contributed by atoms with Gasteiger partial charge in [0.15, 0.2) is 0 Å². The lowest BCUT2D eigenvalue weighted by Gasteiger charge is -2.47. The van der Waals surface area contributed by atoms with E-state index < -0.39 is 5.82 Å². The molecule has 4 heterocycles. The van der Waals surface area contributed by atoms with E-state index in [2.05, 4.69) is 36.9 Å². The van der Waals surface area contributed by atoms with E-state index in [1.165, 1.54) is 31.2 Å². The van der Waals surface area contributed by atoms with Crippen LogP contribution < -0.4 is 10.6 Å². The van der Waals surface area contributed by atoms with Gasteiger partial charge in [-0.3, -0.25) is 14.6 Å². The van der Waals surface area contributed by atoms with Crippen molar-refractivity contribution in [2.45, 2.75) is 31.0 Å². The molecule has 2 saturated heterocycles. The molecule has 7 rings (SSSR count). The summed E-state index contributed by atoms with van der Waals surface area (Å²) in [4.78, 5) is 6.98. The van der Waals surface area contributed by atoms with E-state index in [0.29, 0.717) is 58.3 Å².